The van der Waals surface area contributed by atoms with Crippen molar-refractivity contribution >= 4 is 41.6 Å². The summed E-state index contributed by atoms with van der Waals surface area (Å²) in [6, 6.07) is 2.55. The number of halogens is 2. The number of furan rings is 1. The minimum atomic E-state index is -3.68. The lowest BCUT2D eigenvalue weighted by molar-refractivity contribution is -0.402. The third-order valence-corrected chi connectivity index (χ3v) is 6.33. The maximum absolute atomic E-state index is 12.8. The average Bonchev–Trinajstić information content (AvgIpc) is 3.11. The van der Waals surface area contributed by atoms with Crippen molar-refractivity contribution in [2.24, 2.45) is 0 Å². The maximum atomic E-state index is 12.8. The van der Waals surface area contributed by atoms with E-state index in [9.17, 15) is 19.5 Å². The number of carbonyl (C=O) groups is 1. The van der Waals surface area contributed by atoms with Crippen LogP contribution in [-0.4, -0.2) is 41.6 Å². The first-order chi connectivity index (χ1) is 12.8. The first-order valence-corrected chi connectivity index (χ1v) is 11.4. The number of nitro groups is 1. The third-order valence-electron chi connectivity index (χ3n) is 3.61. The van der Waals surface area contributed by atoms with Crippen LogP contribution in [0.1, 0.15) is 37.9 Å². The fourth-order valence-electron chi connectivity index (χ4n) is 2.17. The molecule has 0 aliphatic carbocycles. The largest absolute Gasteiger partial charge is 0.469 e. The van der Waals surface area contributed by atoms with Crippen LogP contribution in [0.2, 0.25) is 0 Å². The molecule has 1 atom stereocenters. The van der Waals surface area contributed by atoms with Gasteiger partial charge >= 0.3 is 18.7 Å². The Bertz CT molecular complexity index is 656. The van der Waals surface area contributed by atoms with Crippen LogP contribution in [0.5, 0.6) is 0 Å². The van der Waals surface area contributed by atoms with Gasteiger partial charge in [0.2, 0.25) is 0 Å². The SMILES string of the molecule is COC(=O)CCCCN(CCCCCl)P(=O)(Cl)OCc1ccc([N+](=O)[O-])o1. The summed E-state index contributed by atoms with van der Waals surface area (Å²) in [6.07, 6.45) is 2.78. The summed E-state index contributed by atoms with van der Waals surface area (Å²) in [7, 11) is 1.32. The molecule has 27 heavy (non-hydrogen) atoms. The number of ether oxygens (including phenoxy) is 1. The van der Waals surface area contributed by atoms with Crippen molar-refractivity contribution in [2.75, 3.05) is 26.1 Å². The van der Waals surface area contributed by atoms with Gasteiger partial charge < -0.3 is 9.15 Å². The highest BCUT2D eigenvalue weighted by atomic mass is 35.7. The second-order valence-electron chi connectivity index (χ2n) is 5.60. The summed E-state index contributed by atoms with van der Waals surface area (Å²) in [4.78, 5) is 21.1. The van der Waals surface area contributed by atoms with Crippen molar-refractivity contribution in [3.63, 3.8) is 0 Å². The van der Waals surface area contributed by atoms with E-state index in [2.05, 4.69) is 4.74 Å². The van der Waals surface area contributed by atoms with Gasteiger partial charge in [-0.05, 0) is 43.0 Å². The second kappa shape index (κ2) is 12.4. The first kappa shape index (κ1) is 23.9. The summed E-state index contributed by atoms with van der Waals surface area (Å²) in [6.45, 7) is -3.17. The Balaban J connectivity index is 2.61. The number of hydrogen-bond donors (Lipinski definition) is 0. The summed E-state index contributed by atoms with van der Waals surface area (Å²) in [5.41, 5.74) is 0. The molecule has 0 radical (unpaired) electrons. The number of methoxy groups -OCH3 is 1. The van der Waals surface area contributed by atoms with Crippen LogP contribution in [0.15, 0.2) is 16.5 Å². The van der Waals surface area contributed by atoms with E-state index < -0.39 is 17.7 Å². The van der Waals surface area contributed by atoms with Crippen LogP contribution >= 0.6 is 29.7 Å². The molecule has 1 unspecified atom stereocenters. The Morgan fingerprint density at radius 2 is 1.96 bits per heavy atom. The van der Waals surface area contributed by atoms with Crippen molar-refractivity contribution in [3.05, 3.63) is 28.0 Å². The van der Waals surface area contributed by atoms with Gasteiger partial charge in [0.15, 0.2) is 0 Å². The van der Waals surface area contributed by atoms with E-state index in [1.54, 1.807) is 0 Å². The van der Waals surface area contributed by atoms with Crippen LogP contribution < -0.4 is 0 Å². The van der Waals surface area contributed by atoms with Crippen LogP contribution in [0.3, 0.4) is 0 Å². The fourth-order valence-corrected chi connectivity index (χ4v) is 4.17. The molecule has 1 aromatic rings. The molecule has 0 aromatic carbocycles. The van der Waals surface area contributed by atoms with Gasteiger partial charge in [-0.15, -0.1) is 11.6 Å². The van der Waals surface area contributed by atoms with Crippen molar-refractivity contribution in [2.45, 2.75) is 38.7 Å². The molecule has 12 heteroatoms. The molecule has 0 aliphatic rings. The molecule has 0 N–H and O–H groups in total. The number of carbonyl (C=O) groups excluding carboxylic acids is 1. The Hall–Kier alpha value is -1.12. The van der Waals surface area contributed by atoms with Gasteiger partial charge in [-0.3, -0.25) is 24.0 Å². The van der Waals surface area contributed by atoms with E-state index >= 15 is 0 Å². The molecule has 0 saturated heterocycles. The molecule has 0 amide bonds. The van der Waals surface area contributed by atoms with Crippen LogP contribution in [0, 0.1) is 10.1 Å². The van der Waals surface area contributed by atoms with E-state index in [4.69, 9.17) is 31.8 Å². The van der Waals surface area contributed by atoms with E-state index in [1.165, 1.54) is 23.9 Å². The average molecular weight is 445 g/mol. The summed E-state index contributed by atoms with van der Waals surface area (Å²) in [5.74, 6) is -0.123. The predicted molar refractivity (Wildman–Crippen MR) is 101 cm³/mol. The van der Waals surface area contributed by atoms with Crippen molar-refractivity contribution in [3.8, 4) is 0 Å². The number of nitrogens with zero attached hydrogens (tertiary/aromatic N) is 2. The molecule has 1 aromatic heterocycles. The lowest BCUT2D eigenvalue weighted by atomic mass is 10.2. The number of unbranched alkanes of at least 4 members (excludes halogenated alkanes) is 2. The van der Waals surface area contributed by atoms with Gasteiger partial charge in [-0.1, -0.05) is 0 Å². The molecule has 0 saturated carbocycles. The number of alkyl halides is 1. The highest BCUT2D eigenvalue weighted by molar-refractivity contribution is 7.83. The van der Waals surface area contributed by atoms with Crippen molar-refractivity contribution < 1.29 is 28.0 Å². The Morgan fingerprint density at radius 1 is 1.30 bits per heavy atom. The summed E-state index contributed by atoms with van der Waals surface area (Å²) < 4.78 is 29.1. The molecule has 0 fully saturated rings. The van der Waals surface area contributed by atoms with Crippen molar-refractivity contribution in [1.82, 2.24) is 4.67 Å². The topological polar surface area (TPSA) is 112 Å². The van der Waals surface area contributed by atoms with Gasteiger partial charge in [-0.25, -0.2) is 4.67 Å². The lowest BCUT2D eigenvalue weighted by Crippen LogP contribution is -2.22. The standard InChI is InChI=1S/C15H23Cl2N2O7P/c1-24-15(20)6-2-4-10-18(11-5-3-9-16)27(17,23)25-12-13-7-8-14(26-13)19(21)22/h7-8H,2-6,9-12H2,1H3. The Labute approximate surface area is 167 Å². The zero-order valence-corrected chi connectivity index (χ0v) is 17.4. The highest BCUT2D eigenvalue weighted by Crippen LogP contribution is 2.56. The quantitative estimate of drug-likeness (QED) is 0.101. The molecule has 154 valence electrons. The summed E-state index contributed by atoms with van der Waals surface area (Å²) >= 11 is 11.8. The van der Waals surface area contributed by atoms with E-state index in [-0.39, 0.29) is 24.8 Å². The third kappa shape index (κ3) is 9.08. The predicted octanol–water partition coefficient (Wildman–Crippen LogP) is 4.72. The summed E-state index contributed by atoms with van der Waals surface area (Å²) in [5, 5.41) is 10.6. The van der Waals surface area contributed by atoms with Gasteiger partial charge in [0.1, 0.15) is 17.3 Å². The molecule has 1 rings (SSSR count). The minimum Gasteiger partial charge on any atom is -0.469 e. The Morgan fingerprint density at radius 3 is 2.52 bits per heavy atom. The van der Waals surface area contributed by atoms with E-state index in [0.29, 0.717) is 38.2 Å². The molecule has 0 spiro atoms. The maximum Gasteiger partial charge on any atom is 0.433 e. The van der Waals surface area contributed by atoms with Crippen LogP contribution in [-0.2, 0) is 25.2 Å². The smallest absolute Gasteiger partial charge is 0.433 e. The lowest BCUT2D eigenvalue weighted by Gasteiger charge is -2.26. The fraction of sp³-hybridized carbons (Fsp3) is 0.667. The van der Waals surface area contributed by atoms with Crippen molar-refractivity contribution in [1.29, 1.82) is 0 Å². The van der Waals surface area contributed by atoms with Crippen LogP contribution in [0.25, 0.3) is 0 Å². The molecule has 0 aliphatic heterocycles. The monoisotopic (exact) mass is 444 g/mol. The Kier molecular flexibility index (Phi) is 10.9. The van der Waals surface area contributed by atoms with Crippen LogP contribution in [0.4, 0.5) is 5.88 Å². The van der Waals surface area contributed by atoms with Gasteiger partial charge in [0.05, 0.1) is 13.2 Å². The van der Waals surface area contributed by atoms with Gasteiger partial charge in [-0.2, -0.15) is 0 Å². The molecular formula is C15H23Cl2N2O7P. The zero-order valence-electron chi connectivity index (χ0n) is 15.0. The zero-order chi connectivity index (χ0) is 20.3. The van der Waals surface area contributed by atoms with E-state index in [0.717, 1.165) is 6.42 Å². The molecular weight excluding hydrogens is 422 g/mol. The number of esters is 1. The normalized spacial score (nSPS) is 13.5. The molecule has 9 nitrogen and oxygen atoms in total. The molecule has 1 heterocycles. The molecule has 0 bridgehead atoms. The number of hydrogen-bond acceptors (Lipinski definition) is 7. The first-order valence-electron chi connectivity index (χ1n) is 8.35. The second-order valence-corrected chi connectivity index (χ2v) is 8.99. The minimum absolute atomic E-state index is 0.147. The van der Waals surface area contributed by atoms with E-state index in [1.807, 2.05) is 0 Å². The van der Waals surface area contributed by atoms with Gasteiger partial charge in [0.25, 0.3) is 0 Å². The number of rotatable bonds is 14. The van der Waals surface area contributed by atoms with Gasteiger partial charge in [0, 0.05) is 25.4 Å². The highest BCUT2D eigenvalue weighted by Gasteiger charge is 2.29.